The average Bonchev–Trinajstić information content (AvgIpc) is 2.32. The van der Waals surface area contributed by atoms with E-state index in [0.717, 1.165) is 0 Å². The van der Waals surface area contributed by atoms with Crippen molar-refractivity contribution in [2.75, 3.05) is 33.9 Å². The van der Waals surface area contributed by atoms with Gasteiger partial charge in [0.2, 0.25) is 0 Å². The van der Waals surface area contributed by atoms with E-state index in [1.54, 1.807) is 14.2 Å². The van der Waals surface area contributed by atoms with Crippen LogP contribution in [0, 0.1) is 0 Å². The van der Waals surface area contributed by atoms with Crippen molar-refractivity contribution >= 4 is 12.0 Å². The predicted octanol–water partition coefficient (Wildman–Crippen LogP) is 0.933. The maximum atomic E-state index is 12.2. The van der Waals surface area contributed by atoms with Crippen LogP contribution in [-0.4, -0.2) is 67.6 Å². The fourth-order valence-corrected chi connectivity index (χ4v) is 1.64. The van der Waals surface area contributed by atoms with Gasteiger partial charge in [0.15, 0.2) is 0 Å². The smallest absolute Gasteiger partial charge is 0.317 e. The number of methoxy groups -OCH3 is 2. The highest BCUT2D eigenvalue weighted by Gasteiger charge is 2.27. The van der Waals surface area contributed by atoms with Gasteiger partial charge in [0, 0.05) is 32.8 Å². The molecule has 2 N–H and O–H groups in total. The fraction of sp³-hybridized carbons (Fsp3) is 0.846. The Kier molecular flexibility index (Phi) is 8.17. The number of rotatable bonds is 8. The first-order chi connectivity index (χ1) is 9.22. The van der Waals surface area contributed by atoms with E-state index in [1.165, 1.54) is 4.90 Å². The highest BCUT2D eigenvalue weighted by Crippen LogP contribution is 2.13. The normalized spacial score (nSPS) is 12.8. The number of urea groups is 1. The van der Waals surface area contributed by atoms with Gasteiger partial charge in [-0.3, -0.25) is 4.79 Å². The topological polar surface area (TPSA) is 88.1 Å². The Morgan fingerprint density at radius 1 is 1.30 bits per heavy atom. The molecule has 0 spiro atoms. The summed E-state index contributed by atoms with van der Waals surface area (Å²) in [6.07, 6.45) is -0.318. The fourth-order valence-electron chi connectivity index (χ4n) is 1.64. The van der Waals surface area contributed by atoms with Gasteiger partial charge in [-0.25, -0.2) is 4.79 Å². The minimum atomic E-state index is -0.929. The van der Waals surface area contributed by atoms with E-state index < -0.39 is 11.5 Å². The van der Waals surface area contributed by atoms with E-state index >= 15 is 0 Å². The summed E-state index contributed by atoms with van der Waals surface area (Å²) in [7, 11) is 3.10. The van der Waals surface area contributed by atoms with Crippen molar-refractivity contribution in [3.8, 4) is 0 Å². The number of hydrogen-bond donors (Lipinski definition) is 2. The van der Waals surface area contributed by atoms with Crippen molar-refractivity contribution in [3.63, 3.8) is 0 Å². The lowest BCUT2D eigenvalue weighted by atomic mass is 10.1. The Morgan fingerprint density at radius 2 is 1.90 bits per heavy atom. The molecule has 0 aromatic rings. The number of carboxylic acid groups (broad SMARTS) is 1. The average molecular weight is 290 g/mol. The number of ether oxygens (including phenoxy) is 2. The molecule has 0 fully saturated rings. The Balaban J connectivity index is 4.51. The SMILES string of the molecule is COCC(CNC(=O)N(CCC(=O)O)C(C)(C)C)OC. The second-order valence-corrected chi connectivity index (χ2v) is 5.47. The molecule has 0 heterocycles. The lowest BCUT2D eigenvalue weighted by molar-refractivity contribution is -0.137. The van der Waals surface area contributed by atoms with Crippen LogP contribution in [0.25, 0.3) is 0 Å². The van der Waals surface area contributed by atoms with Gasteiger partial charge in [0.05, 0.1) is 19.1 Å². The van der Waals surface area contributed by atoms with Gasteiger partial charge in [-0.15, -0.1) is 0 Å². The molecule has 118 valence electrons. The van der Waals surface area contributed by atoms with Gasteiger partial charge in [0.25, 0.3) is 0 Å². The van der Waals surface area contributed by atoms with E-state index in [0.29, 0.717) is 13.2 Å². The van der Waals surface area contributed by atoms with Crippen LogP contribution in [0.1, 0.15) is 27.2 Å². The first-order valence-corrected chi connectivity index (χ1v) is 6.51. The summed E-state index contributed by atoms with van der Waals surface area (Å²) in [5, 5.41) is 11.5. The van der Waals surface area contributed by atoms with E-state index in [2.05, 4.69) is 5.32 Å². The van der Waals surface area contributed by atoms with Crippen molar-refractivity contribution in [3.05, 3.63) is 0 Å². The van der Waals surface area contributed by atoms with Gasteiger partial charge in [-0.1, -0.05) is 0 Å². The molecule has 1 atom stereocenters. The van der Waals surface area contributed by atoms with Crippen LogP contribution in [0.2, 0.25) is 0 Å². The van der Waals surface area contributed by atoms with Crippen molar-refractivity contribution in [1.82, 2.24) is 10.2 Å². The van der Waals surface area contributed by atoms with Crippen LogP contribution < -0.4 is 5.32 Å². The molecule has 0 aliphatic heterocycles. The third-order valence-electron chi connectivity index (χ3n) is 2.77. The van der Waals surface area contributed by atoms with E-state index in [4.69, 9.17) is 14.6 Å². The quantitative estimate of drug-likeness (QED) is 0.694. The summed E-state index contributed by atoms with van der Waals surface area (Å²) in [6.45, 7) is 6.42. The van der Waals surface area contributed by atoms with E-state index in [9.17, 15) is 9.59 Å². The molecule has 0 rings (SSSR count). The van der Waals surface area contributed by atoms with E-state index in [-0.39, 0.29) is 25.1 Å². The first-order valence-electron chi connectivity index (χ1n) is 6.51. The van der Waals surface area contributed by atoms with Crippen LogP contribution in [0.5, 0.6) is 0 Å². The zero-order valence-electron chi connectivity index (χ0n) is 12.9. The van der Waals surface area contributed by atoms with Crippen LogP contribution in [0.4, 0.5) is 4.79 Å². The highest BCUT2D eigenvalue weighted by atomic mass is 16.5. The summed E-state index contributed by atoms with van der Waals surface area (Å²) in [5.74, 6) is -0.929. The predicted molar refractivity (Wildman–Crippen MR) is 74.8 cm³/mol. The number of carbonyl (C=O) groups excluding carboxylic acids is 1. The summed E-state index contributed by atoms with van der Waals surface area (Å²) in [6, 6.07) is -0.308. The highest BCUT2D eigenvalue weighted by molar-refractivity contribution is 5.76. The zero-order chi connectivity index (χ0) is 15.8. The number of nitrogens with zero attached hydrogens (tertiary/aromatic N) is 1. The summed E-state index contributed by atoms with van der Waals surface area (Å²) in [5.41, 5.74) is -0.455. The third-order valence-corrected chi connectivity index (χ3v) is 2.77. The molecule has 2 amide bonds. The molecular formula is C13H26N2O5. The standard InChI is InChI=1S/C13H26N2O5/c1-13(2,3)15(7-6-11(16)17)12(18)14-8-10(20-5)9-19-4/h10H,6-9H2,1-5H3,(H,14,18)(H,16,17). The van der Waals surface area contributed by atoms with Crippen LogP contribution >= 0.6 is 0 Å². The molecule has 7 nitrogen and oxygen atoms in total. The van der Waals surface area contributed by atoms with Crippen molar-refractivity contribution in [1.29, 1.82) is 0 Å². The largest absolute Gasteiger partial charge is 0.481 e. The molecular weight excluding hydrogens is 264 g/mol. The second-order valence-electron chi connectivity index (χ2n) is 5.47. The van der Waals surface area contributed by atoms with Gasteiger partial charge < -0.3 is 24.8 Å². The monoisotopic (exact) mass is 290 g/mol. The maximum Gasteiger partial charge on any atom is 0.317 e. The Hall–Kier alpha value is -1.34. The van der Waals surface area contributed by atoms with Gasteiger partial charge >= 0.3 is 12.0 Å². The number of hydrogen-bond acceptors (Lipinski definition) is 4. The molecule has 0 aliphatic rings. The molecule has 0 radical (unpaired) electrons. The summed E-state index contributed by atoms with van der Waals surface area (Å²) in [4.78, 5) is 24.3. The minimum absolute atomic E-state index is 0.0868. The van der Waals surface area contributed by atoms with Crippen molar-refractivity contribution in [2.24, 2.45) is 0 Å². The Labute approximate surface area is 120 Å². The van der Waals surface area contributed by atoms with Gasteiger partial charge in [-0.2, -0.15) is 0 Å². The molecule has 20 heavy (non-hydrogen) atoms. The molecule has 0 aromatic carbocycles. The number of carboxylic acids is 1. The molecule has 0 saturated heterocycles. The first kappa shape index (κ1) is 18.7. The lowest BCUT2D eigenvalue weighted by Gasteiger charge is -2.35. The summed E-state index contributed by atoms with van der Waals surface area (Å²) < 4.78 is 10.1. The molecule has 1 unspecified atom stereocenters. The number of nitrogens with one attached hydrogen (secondary N) is 1. The molecule has 0 saturated carbocycles. The minimum Gasteiger partial charge on any atom is -0.481 e. The lowest BCUT2D eigenvalue weighted by Crippen LogP contribution is -2.52. The summed E-state index contributed by atoms with van der Waals surface area (Å²) >= 11 is 0. The van der Waals surface area contributed by atoms with Gasteiger partial charge in [0.1, 0.15) is 0 Å². The van der Waals surface area contributed by atoms with E-state index in [1.807, 2.05) is 20.8 Å². The number of carbonyl (C=O) groups is 2. The zero-order valence-corrected chi connectivity index (χ0v) is 12.9. The van der Waals surface area contributed by atoms with Crippen molar-refractivity contribution < 1.29 is 24.2 Å². The molecule has 7 heteroatoms. The Morgan fingerprint density at radius 3 is 2.30 bits per heavy atom. The van der Waals surface area contributed by atoms with Crippen LogP contribution in [0.3, 0.4) is 0 Å². The third kappa shape index (κ3) is 7.30. The number of aliphatic carboxylic acids is 1. The molecule has 0 bridgehead atoms. The van der Waals surface area contributed by atoms with Gasteiger partial charge in [-0.05, 0) is 20.8 Å². The van der Waals surface area contributed by atoms with Crippen LogP contribution in [0.15, 0.2) is 0 Å². The molecule has 0 aliphatic carbocycles. The number of amides is 2. The van der Waals surface area contributed by atoms with Crippen LogP contribution in [-0.2, 0) is 14.3 Å². The second kappa shape index (κ2) is 8.76. The molecule has 0 aromatic heterocycles. The van der Waals surface area contributed by atoms with Crippen molar-refractivity contribution in [2.45, 2.75) is 38.8 Å². The Bertz CT molecular complexity index is 314. The maximum absolute atomic E-state index is 12.2.